The van der Waals surface area contributed by atoms with Crippen LogP contribution in [0, 0.1) is 23.7 Å². The molecule has 0 unspecified atom stereocenters. The number of carbonyl (C=O) groups is 2. The lowest BCUT2D eigenvalue weighted by Crippen LogP contribution is -2.39. The lowest BCUT2D eigenvalue weighted by molar-refractivity contribution is -0.148. The average Bonchev–Trinajstić information content (AvgIpc) is 3.13. The van der Waals surface area contributed by atoms with Gasteiger partial charge in [-0.15, -0.1) is 0 Å². The summed E-state index contributed by atoms with van der Waals surface area (Å²) in [5.74, 6) is 4.02. The highest BCUT2D eigenvalue weighted by atomic mass is 16.8. The number of cyclic esters (lactones) is 1. The molecule has 1 aromatic rings. The van der Waals surface area contributed by atoms with Gasteiger partial charge in [-0.3, -0.25) is 4.90 Å². The molecule has 1 fully saturated rings. The van der Waals surface area contributed by atoms with E-state index >= 15 is 0 Å². The van der Waals surface area contributed by atoms with E-state index in [0.29, 0.717) is 17.7 Å². The molecule has 226 valence electrons. The minimum Gasteiger partial charge on any atom is -0.452 e. The maximum absolute atomic E-state index is 13.0. The van der Waals surface area contributed by atoms with E-state index in [9.17, 15) is 14.7 Å². The number of hydrogen-bond donors (Lipinski definition) is 1. The van der Waals surface area contributed by atoms with Crippen molar-refractivity contribution in [3.8, 4) is 17.6 Å². The Morgan fingerprint density at radius 2 is 1.76 bits per heavy atom. The highest BCUT2D eigenvalue weighted by Gasteiger charge is 2.43. The first-order chi connectivity index (χ1) is 18.8. The number of rotatable bonds is 6. The van der Waals surface area contributed by atoms with Gasteiger partial charge in [0.05, 0.1) is 24.0 Å². The zero-order chi connectivity index (χ0) is 30.9. The van der Waals surface area contributed by atoms with Crippen molar-refractivity contribution < 1.29 is 38.4 Å². The van der Waals surface area contributed by atoms with E-state index in [1.165, 1.54) is 4.90 Å². The van der Waals surface area contributed by atoms with Crippen LogP contribution in [-0.4, -0.2) is 59.7 Å². The highest BCUT2D eigenvalue weighted by molar-refractivity contribution is 5.98. The van der Waals surface area contributed by atoms with Crippen LogP contribution in [0.2, 0.25) is 0 Å². The first kappa shape index (κ1) is 32.5. The van der Waals surface area contributed by atoms with Crippen molar-refractivity contribution in [1.29, 1.82) is 0 Å². The van der Waals surface area contributed by atoms with E-state index in [1.807, 2.05) is 39.8 Å². The third kappa shape index (κ3) is 8.48. The van der Waals surface area contributed by atoms with Crippen molar-refractivity contribution in [1.82, 2.24) is 0 Å². The van der Waals surface area contributed by atoms with Crippen LogP contribution in [-0.2, 0) is 18.9 Å². The Morgan fingerprint density at radius 3 is 2.37 bits per heavy atom. The number of aliphatic hydroxyl groups excluding tert-OH is 1. The van der Waals surface area contributed by atoms with Crippen molar-refractivity contribution in [2.45, 2.75) is 111 Å². The van der Waals surface area contributed by atoms with Gasteiger partial charge in [0.2, 0.25) is 5.79 Å². The number of fused-ring (bicyclic) bond motifs is 1. The summed E-state index contributed by atoms with van der Waals surface area (Å²) >= 11 is 0. The van der Waals surface area contributed by atoms with E-state index in [2.05, 4.69) is 11.8 Å². The smallest absolute Gasteiger partial charge is 0.414 e. The second-order valence-electron chi connectivity index (χ2n) is 12.8. The molecule has 1 amide bonds. The van der Waals surface area contributed by atoms with E-state index in [4.69, 9.17) is 23.7 Å². The minimum absolute atomic E-state index is 0.00829. The molecule has 41 heavy (non-hydrogen) atoms. The van der Waals surface area contributed by atoms with Gasteiger partial charge >= 0.3 is 12.1 Å². The second-order valence-corrected chi connectivity index (χ2v) is 12.8. The van der Waals surface area contributed by atoms with Crippen LogP contribution in [0.5, 0.6) is 5.75 Å². The van der Waals surface area contributed by atoms with E-state index in [-0.39, 0.29) is 35.4 Å². The molecule has 0 bridgehead atoms. The van der Waals surface area contributed by atoms with E-state index in [0.717, 1.165) is 0 Å². The molecule has 5 atom stereocenters. The summed E-state index contributed by atoms with van der Waals surface area (Å²) in [6, 6.07) is 3.26. The molecule has 2 aliphatic heterocycles. The molecule has 0 spiro atoms. The Morgan fingerprint density at radius 1 is 1.10 bits per heavy atom. The normalized spacial score (nSPS) is 23.4. The van der Waals surface area contributed by atoms with Gasteiger partial charge in [-0.05, 0) is 53.5 Å². The molecule has 0 radical (unpaired) electrons. The zero-order valence-electron chi connectivity index (χ0n) is 26.2. The molecule has 2 heterocycles. The Hall–Kier alpha value is -3.06. The van der Waals surface area contributed by atoms with Crippen LogP contribution >= 0.6 is 0 Å². The van der Waals surface area contributed by atoms with Gasteiger partial charge in [0.25, 0.3) is 0 Å². The third-order valence-electron chi connectivity index (χ3n) is 6.79. The SMILES string of the molecule is C[C@H](O)[C@H](C)/C=C\[C@@H](C)[C@H]1OC(C)(C)O[C@H]1CC#Cc1cc(N(C)C(=O)OC(C)(C)C)cc2c1C(=O)OC(C)(C)O2. The molecule has 9 heteroatoms. The number of amides is 1. The Kier molecular flexibility index (Phi) is 9.53. The average molecular weight is 572 g/mol. The number of anilines is 1. The molecule has 1 aromatic carbocycles. The maximum Gasteiger partial charge on any atom is 0.414 e. The topological polar surface area (TPSA) is 104 Å². The number of benzene rings is 1. The van der Waals surface area contributed by atoms with Crippen LogP contribution in [0.4, 0.5) is 10.5 Å². The molecule has 2 aliphatic rings. The van der Waals surface area contributed by atoms with Gasteiger partial charge in [0.15, 0.2) is 5.79 Å². The Balaban J connectivity index is 1.93. The van der Waals surface area contributed by atoms with Crippen molar-refractivity contribution in [3.63, 3.8) is 0 Å². The lowest BCUT2D eigenvalue weighted by atomic mass is 9.95. The lowest BCUT2D eigenvalue weighted by Gasteiger charge is -2.33. The number of nitrogens with zero attached hydrogens (tertiary/aromatic N) is 1. The first-order valence-corrected chi connectivity index (χ1v) is 14.1. The van der Waals surface area contributed by atoms with Crippen molar-refractivity contribution in [3.05, 3.63) is 35.4 Å². The molecule has 0 aliphatic carbocycles. The predicted octanol–water partition coefficient (Wildman–Crippen LogP) is 5.81. The van der Waals surface area contributed by atoms with Gasteiger partial charge in [-0.25, -0.2) is 9.59 Å². The number of carbonyl (C=O) groups excluding carboxylic acids is 2. The Labute approximate surface area is 244 Å². The Bertz CT molecular complexity index is 1230. The predicted molar refractivity (Wildman–Crippen MR) is 156 cm³/mol. The summed E-state index contributed by atoms with van der Waals surface area (Å²) in [4.78, 5) is 27.1. The van der Waals surface area contributed by atoms with Crippen LogP contribution in [0.1, 0.15) is 91.6 Å². The van der Waals surface area contributed by atoms with Crippen LogP contribution in [0.15, 0.2) is 24.3 Å². The standard InChI is InChI=1S/C32H45NO8/c1-19(21(3)34)15-16-20(2)27-24(37-31(7,8)39-27)14-12-13-22-17-23(33(11)29(36)41-30(4,5)6)18-25-26(22)28(35)40-32(9,10)38-25/h15-21,24,27,34H,14H2,1-11H3/b16-15-/t19-,20-,21+,24+,27-/m1/s1. The first-order valence-electron chi connectivity index (χ1n) is 14.1. The van der Waals surface area contributed by atoms with Gasteiger partial charge < -0.3 is 28.8 Å². The largest absolute Gasteiger partial charge is 0.452 e. The summed E-state index contributed by atoms with van der Waals surface area (Å²) in [7, 11) is 1.59. The molecule has 1 N–H and O–H groups in total. The summed E-state index contributed by atoms with van der Waals surface area (Å²) < 4.78 is 29.3. The monoisotopic (exact) mass is 571 g/mol. The molecule has 1 saturated heterocycles. The second kappa shape index (κ2) is 12.0. The number of ether oxygens (including phenoxy) is 5. The van der Waals surface area contributed by atoms with Crippen molar-refractivity contribution in [2.75, 3.05) is 11.9 Å². The van der Waals surface area contributed by atoms with Crippen molar-refractivity contribution >= 4 is 17.7 Å². The molecule has 9 nitrogen and oxygen atoms in total. The third-order valence-corrected chi connectivity index (χ3v) is 6.79. The summed E-state index contributed by atoms with van der Waals surface area (Å²) in [5.41, 5.74) is 0.334. The van der Waals surface area contributed by atoms with Gasteiger partial charge in [0, 0.05) is 44.9 Å². The van der Waals surface area contributed by atoms with Gasteiger partial charge in [-0.1, -0.05) is 37.8 Å². The van der Waals surface area contributed by atoms with Crippen LogP contribution < -0.4 is 9.64 Å². The summed E-state index contributed by atoms with van der Waals surface area (Å²) in [6.45, 7) is 18.1. The number of hydrogen-bond acceptors (Lipinski definition) is 8. The molecule has 0 aromatic heterocycles. The molecule has 3 rings (SSSR count). The molecular formula is C32H45NO8. The highest BCUT2D eigenvalue weighted by Crippen LogP contribution is 2.38. The summed E-state index contributed by atoms with van der Waals surface area (Å²) in [6.07, 6.45) is 2.76. The fourth-order valence-corrected chi connectivity index (χ4v) is 4.51. The zero-order valence-corrected chi connectivity index (χ0v) is 26.2. The molecule has 0 saturated carbocycles. The number of aliphatic hydroxyl groups is 1. The van der Waals surface area contributed by atoms with E-state index in [1.54, 1.807) is 60.7 Å². The summed E-state index contributed by atoms with van der Waals surface area (Å²) in [5, 5.41) is 9.83. The fourth-order valence-electron chi connectivity index (χ4n) is 4.51. The van der Waals surface area contributed by atoms with Gasteiger partial charge in [-0.2, -0.15) is 0 Å². The van der Waals surface area contributed by atoms with Gasteiger partial charge in [0.1, 0.15) is 16.9 Å². The molecular weight excluding hydrogens is 526 g/mol. The van der Waals surface area contributed by atoms with Crippen molar-refractivity contribution in [2.24, 2.45) is 11.8 Å². The fraction of sp³-hybridized carbons (Fsp3) is 0.625. The number of esters is 1. The quantitative estimate of drug-likeness (QED) is 0.259. The van der Waals surface area contributed by atoms with Crippen LogP contribution in [0.25, 0.3) is 0 Å². The minimum atomic E-state index is -1.18. The van der Waals surface area contributed by atoms with Crippen LogP contribution in [0.3, 0.4) is 0 Å². The maximum atomic E-state index is 13.0. The van der Waals surface area contributed by atoms with E-state index < -0.39 is 35.3 Å².